The Morgan fingerprint density at radius 3 is 2.95 bits per heavy atom. The summed E-state index contributed by atoms with van der Waals surface area (Å²) in [5.41, 5.74) is 0.656. The summed E-state index contributed by atoms with van der Waals surface area (Å²) in [6.07, 6.45) is 5.90. The topological polar surface area (TPSA) is 57.6 Å². The van der Waals surface area contributed by atoms with Gasteiger partial charge in [0.15, 0.2) is 0 Å². The van der Waals surface area contributed by atoms with E-state index in [2.05, 4.69) is 6.92 Å². The predicted octanol–water partition coefficient (Wildman–Crippen LogP) is 2.86. The van der Waals surface area contributed by atoms with Gasteiger partial charge in [-0.2, -0.15) is 0 Å². The molecule has 2 rings (SSSR count). The molecule has 5 heteroatoms. The molecule has 1 amide bonds. The van der Waals surface area contributed by atoms with Crippen LogP contribution < -0.4 is 0 Å². The normalized spacial score (nSPS) is 19.8. The lowest BCUT2D eigenvalue weighted by atomic mass is 10.0. The maximum Gasteiger partial charge on any atom is 0.328 e. The van der Waals surface area contributed by atoms with E-state index in [1.807, 2.05) is 4.90 Å². The third kappa shape index (κ3) is 3.44. The molecule has 1 N–H and O–H groups in total. The van der Waals surface area contributed by atoms with Crippen LogP contribution in [0.15, 0.2) is 17.5 Å². The van der Waals surface area contributed by atoms with Gasteiger partial charge in [-0.25, -0.2) is 4.79 Å². The van der Waals surface area contributed by atoms with Gasteiger partial charge in [0.25, 0.3) is 5.91 Å². The van der Waals surface area contributed by atoms with Crippen LogP contribution in [0.5, 0.6) is 0 Å². The predicted molar refractivity (Wildman–Crippen MR) is 75.3 cm³/mol. The number of carboxylic acid groups (broad SMARTS) is 1. The fourth-order valence-corrected chi connectivity index (χ4v) is 3.04. The molecule has 1 aromatic rings. The molecule has 1 aliphatic heterocycles. The molecule has 1 aliphatic rings. The number of amides is 1. The first-order valence-electron chi connectivity index (χ1n) is 6.38. The van der Waals surface area contributed by atoms with Gasteiger partial charge in [0.2, 0.25) is 0 Å². The van der Waals surface area contributed by atoms with Gasteiger partial charge in [-0.15, -0.1) is 11.3 Å². The number of thiophene rings is 1. The van der Waals surface area contributed by atoms with Gasteiger partial charge in [0, 0.05) is 28.9 Å². The van der Waals surface area contributed by atoms with Gasteiger partial charge in [0.05, 0.1) is 5.56 Å². The second-order valence-electron chi connectivity index (χ2n) is 4.75. The van der Waals surface area contributed by atoms with E-state index in [0.29, 0.717) is 11.6 Å². The minimum atomic E-state index is -0.981. The second-order valence-corrected chi connectivity index (χ2v) is 5.70. The number of hydrogen-bond donors (Lipinski definition) is 1. The van der Waals surface area contributed by atoms with E-state index in [4.69, 9.17) is 5.11 Å². The van der Waals surface area contributed by atoms with Crippen LogP contribution in [-0.2, 0) is 4.79 Å². The van der Waals surface area contributed by atoms with Crippen molar-refractivity contribution < 1.29 is 14.7 Å². The highest BCUT2D eigenvalue weighted by molar-refractivity contribution is 7.11. The number of nitrogens with zero attached hydrogens (tertiary/aromatic N) is 1. The zero-order valence-electron chi connectivity index (χ0n) is 10.8. The monoisotopic (exact) mass is 279 g/mol. The zero-order valence-corrected chi connectivity index (χ0v) is 11.7. The molecule has 0 bridgehead atoms. The van der Waals surface area contributed by atoms with Crippen LogP contribution in [0.25, 0.3) is 6.08 Å². The molecule has 0 saturated carbocycles. The molecule has 102 valence electrons. The van der Waals surface area contributed by atoms with Crippen LogP contribution in [0.1, 0.15) is 41.4 Å². The van der Waals surface area contributed by atoms with Gasteiger partial charge in [-0.3, -0.25) is 4.79 Å². The summed E-state index contributed by atoms with van der Waals surface area (Å²) in [4.78, 5) is 25.5. The molecule has 19 heavy (non-hydrogen) atoms. The highest BCUT2D eigenvalue weighted by Gasteiger charge is 2.24. The molecule has 0 radical (unpaired) electrons. The second kappa shape index (κ2) is 6.02. The van der Waals surface area contributed by atoms with Crippen LogP contribution in [-0.4, -0.2) is 34.5 Å². The minimum Gasteiger partial charge on any atom is -0.478 e. The summed E-state index contributed by atoms with van der Waals surface area (Å²) in [5, 5.41) is 10.4. The number of carbonyl (C=O) groups is 2. The number of carboxylic acids is 1. The molecule has 1 atom stereocenters. The van der Waals surface area contributed by atoms with Crippen molar-refractivity contribution in [3.8, 4) is 0 Å². The molecule has 0 aliphatic carbocycles. The van der Waals surface area contributed by atoms with Crippen LogP contribution >= 0.6 is 11.3 Å². The summed E-state index contributed by atoms with van der Waals surface area (Å²) < 4.78 is 0. The Bertz CT molecular complexity index is 507. The smallest absolute Gasteiger partial charge is 0.328 e. The average Bonchev–Trinajstić information content (AvgIpc) is 2.85. The maximum atomic E-state index is 12.4. The third-order valence-electron chi connectivity index (χ3n) is 3.32. The Kier molecular flexibility index (Phi) is 4.37. The van der Waals surface area contributed by atoms with Crippen LogP contribution in [0.3, 0.4) is 0 Å². The van der Waals surface area contributed by atoms with E-state index < -0.39 is 5.97 Å². The Morgan fingerprint density at radius 1 is 1.47 bits per heavy atom. The van der Waals surface area contributed by atoms with E-state index in [-0.39, 0.29) is 5.91 Å². The van der Waals surface area contributed by atoms with Crippen molar-refractivity contribution in [1.29, 1.82) is 0 Å². The Balaban J connectivity index is 2.09. The number of likely N-dealkylation sites (tertiary alicyclic amines) is 1. The van der Waals surface area contributed by atoms with Gasteiger partial charge >= 0.3 is 5.97 Å². The first kappa shape index (κ1) is 13.8. The fourth-order valence-electron chi connectivity index (χ4n) is 2.27. The lowest BCUT2D eigenvalue weighted by molar-refractivity contribution is -0.131. The quantitative estimate of drug-likeness (QED) is 0.866. The summed E-state index contributed by atoms with van der Waals surface area (Å²) >= 11 is 1.39. The van der Waals surface area contributed by atoms with Crippen molar-refractivity contribution in [2.45, 2.75) is 32.2 Å². The summed E-state index contributed by atoms with van der Waals surface area (Å²) in [7, 11) is 0. The summed E-state index contributed by atoms with van der Waals surface area (Å²) in [5.74, 6) is -0.927. The fraction of sp³-hybridized carbons (Fsp3) is 0.429. The first-order valence-corrected chi connectivity index (χ1v) is 7.26. The average molecular weight is 279 g/mol. The SMILES string of the molecule is CC1CCCCN1C(=O)c1csc(C=CC(=O)O)c1. The maximum absolute atomic E-state index is 12.4. The summed E-state index contributed by atoms with van der Waals surface area (Å²) in [6, 6.07) is 2.05. The Morgan fingerprint density at radius 2 is 2.26 bits per heavy atom. The number of hydrogen-bond acceptors (Lipinski definition) is 3. The van der Waals surface area contributed by atoms with E-state index in [0.717, 1.165) is 30.3 Å². The molecule has 1 unspecified atom stereocenters. The number of rotatable bonds is 3. The third-order valence-corrected chi connectivity index (χ3v) is 4.22. The van der Waals surface area contributed by atoms with E-state index >= 15 is 0 Å². The molecule has 2 heterocycles. The van der Waals surface area contributed by atoms with E-state index in [1.165, 1.54) is 23.8 Å². The largest absolute Gasteiger partial charge is 0.478 e. The van der Waals surface area contributed by atoms with Gasteiger partial charge in [-0.05, 0) is 38.3 Å². The molecule has 0 spiro atoms. The van der Waals surface area contributed by atoms with Gasteiger partial charge < -0.3 is 10.0 Å². The molecule has 0 aromatic carbocycles. The lowest BCUT2D eigenvalue weighted by Gasteiger charge is -2.33. The highest BCUT2D eigenvalue weighted by Crippen LogP contribution is 2.22. The summed E-state index contributed by atoms with van der Waals surface area (Å²) in [6.45, 7) is 2.89. The van der Waals surface area contributed by atoms with Gasteiger partial charge in [-0.1, -0.05) is 0 Å². The molecule has 4 nitrogen and oxygen atoms in total. The van der Waals surface area contributed by atoms with Crippen molar-refractivity contribution in [3.63, 3.8) is 0 Å². The van der Waals surface area contributed by atoms with E-state index in [1.54, 1.807) is 11.4 Å². The molecule has 1 aromatic heterocycles. The van der Waals surface area contributed by atoms with Crippen molar-refractivity contribution in [1.82, 2.24) is 4.90 Å². The van der Waals surface area contributed by atoms with Crippen molar-refractivity contribution in [2.75, 3.05) is 6.54 Å². The van der Waals surface area contributed by atoms with Crippen LogP contribution in [0.2, 0.25) is 0 Å². The molecular weight excluding hydrogens is 262 g/mol. The van der Waals surface area contributed by atoms with Crippen molar-refractivity contribution in [3.05, 3.63) is 28.0 Å². The zero-order chi connectivity index (χ0) is 13.8. The standard InChI is InChI=1S/C14H17NO3S/c1-10-4-2-3-7-15(10)14(18)11-8-12(19-9-11)5-6-13(16)17/h5-6,8-10H,2-4,7H2,1H3,(H,16,17). The van der Waals surface area contributed by atoms with Gasteiger partial charge in [0.1, 0.15) is 0 Å². The van der Waals surface area contributed by atoms with E-state index in [9.17, 15) is 9.59 Å². The highest BCUT2D eigenvalue weighted by atomic mass is 32.1. The first-order chi connectivity index (χ1) is 9.08. The number of aliphatic carboxylic acids is 1. The number of piperidine rings is 1. The molecular formula is C14H17NO3S. The van der Waals surface area contributed by atoms with Crippen LogP contribution in [0.4, 0.5) is 0 Å². The van der Waals surface area contributed by atoms with Crippen molar-refractivity contribution >= 4 is 29.3 Å². The number of carbonyl (C=O) groups excluding carboxylic acids is 1. The molecule has 1 saturated heterocycles. The van der Waals surface area contributed by atoms with Crippen LogP contribution in [0, 0.1) is 0 Å². The molecule has 1 fully saturated rings. The Hall–Kier alpha value is -1.62. The minimum absolute atomic E-state index is 0.0541. The Labute approximate surface area is 116 Å². The lowest BCUT2D eigenvalue weighted by Crippen LogP contribution is -2.41. The van der Waals surface area contributed by atoms with Crippen molar-refractivity contribution in [2.24, 2.45) is 0 Å².